The number of amides is 1. The van der Waals surface area contributed by atoms with E-state index in [0.29, 0.717) is 37.6 Å². The summed E-state index contributed by atoms with van der Waals surface area (Å²) >= 11 is 0. The number of morpholine rings is 1. The lowest BCUT2D eigenvalue weighted by Crippen LogP contribution is -2.37. The first-order chi connectivity index (χ1) is 17.1. The van der Waals surface area contributed by atoms with Crippen molar-refractivity contribution in [3.63, 3.8) is 0 Å². The van der Waals surface area contributed by atoms with Gasteiger partial charge in [0.1, 0.15) is 11.6 Å². The summed E-state index contributed by atoms with van der Waals surface area (Å²) in [5.74, 6) is 1.24. The highest BCUT2D eigenvalue weighted by molar-refractivity contribution is 6.07. The summed E-state index contributed by atoms with van der Waals surface area (Å²) in [6.45, 7) is 8.00. The highest BCUT2D eigenvalue weighted by Crippen LogP contribution is 2.26. The Labute approximate surface area is 206 Å². The van der Waals surface area contributed by atoms with Crippen LogP contribution in [0.2, 0.25) is 0 Å². The van der Waals surface area contributed by atoms with Gasteiger partial charge in [0.2, 0.25) is 0 Å². The molecule has 1 aromatic heterocycles. The Bertz CT molecular complexity index is 1200. The third-order valence-electron chi connectivity index (χ3n) is 6.07. The Hall–Kier alpha value is -3.71. The molecule has 182 valence electrons. The fourth-order valence-electron chi connectivity index (χ4n) is 4.06. The van der Waals surface area contributed by atoms with Crippen LogP contribution in [0.15, 0.2) is 60.7 Å². The van der Waals surface area contributed by atoms with Gasteiger partial charge in [-0.3, -0.25) is 9.59 Å². The van der Waals surface area contributed by atoms with E-state index in [1.807, 2.05) is 44.2 Å². The first-order valence-electron chi connectivity index (χ1n) is 12.0. The topological polar surface area (TPSA) is 72.0 Å². The van der Waals surface area contributed by atoms with Crippen LogP contribution in [0.3, 0.4) is 0 Å². The standard InChI is InChI=1S/C28H31N3O4/c1-3-30(4-2)27(33)20-35-24-12-9-21(10-13-24)26(32)14-11-23-19-22-7-5-6-8-25(22)29-28(23)31-15-17-34-18-16-31/h5-14,19H,3-4,15-18,20H2,1-2H3/b14-11+. The number of ketones is 1. The Morgan fingerprint density at radius 2 is 1.77 bits per heavy atom. The second kappa shape index (κ2) is 11.6. The monoisotopic (exact) mass is 473 g/mol. The van der Waals surface area contributed by atoms with Crippen LogP contribution in [0.5, 0.6) is 5.75 Å². The van der Waals surface area contributed by atoms with Crippen molar-refractivity contribution in [2.75, 3.05) is 50.9 Å². The maximum atomic E-state index is 12.9. The number of para-hydroxylation sites is 1. The van der Waals surface area contributed by atoms with Crippen LogP contribution in [0, 0.1) is 0 Å². The molecule has 2 aromatic carbocycles. The number of nitrogens with zero attached hydrogens (tertiary/aromatic N) is 3. The number of hydrogen-bond donors (Lipinski definition) is 0. The van der Waals surface area contributed by atoms with Crippen molar-refractivity contribution < 1.29 is 19.1 Å². The Morgan fingerprint density at radius 1 is 1.06 bits per heavy atom. The molecular formula is C28H31N3O4. The van der Waals surface area contributed by atoms with Crippen LogP contribution in [0.25, 0.3) is 17.0 Å². The van der Waals surface area contributed by atoms with Gasteiger partial charge >= 0.3 is 0 Å². The summed E-state index contributed by atoms with van der Waals surface area (Å²) in [7, 11) is 0. The van der Waals surface area contributed by atoms with E-state index >= 15 is 0 Å². The van der Waals surface area contributed by atoms with Gasteiger partial charge in [-0.25, -0.2) is 4.98 Å². The van der Waals surface area contributed by atoms with Crippen LogP contribution in [0.1, 0.15) is 29.8 Å². The number of benzene rings is 2. The Morgan fingerprint density at radius 3 is 2.49 bits per heavy atom. The van der Waals surface area contributed by atoms with Crippen molar-refractivity contribution >= 4 is 34.5 Å². The van der Waals surface area contributed by atoms with Crippen molar-refractivity contribution in [1.82, 2.24) is 9.88 Å². The first-order valence-corrected chi connectivity index (χ1v) is 12.0. The number of hydrogen-bond acceptors (Lipinski definition) is 6. The maximum absolute atomic E-state index is 12.9. The third-order valence-corrected chi connectivity index (χ3v) is 6.07. The lowest BCUT2D eigenvalue weighted by atomic mass is 10.1. The van der Waals surface area contributed by atoms with E-state index in [1.54, 1.807) is 35.2 Å². The molecule has 1 aliphatic heterocycles. The molecule has 0 bridgehead atoms. The van der Waals surface area contributed by atoms with Crippen LogP contribution in [-0.4, -0.2) is 67.6 Å². The van der Waals surface area contributed by atoms with Crippen molar-refractivity contribution in [2.24, 2.45) is 0 Å². The zero-order valence-electron chi connectivity index (χ0n) is 20.3. The van der Waals surface area contributed by atoms with E-state index < -0.39 is 0 Å². The normalized spacial score (nSPS) is 13.8. The zero-order chi connectivity index (χ0) is 24.6. The summed E-state index contributed by atoms with van der Waals surface area (Å²) in [4.78, 5) is 33.8. The van der Waals surface area contributed by atoms with Gasteiger partial charge in [-0.2, -0.15) is 0 Å². The zero-order valence-corrected chi connectivity index (χ0v) is 20.3. The van der Waals surface area contributed by atoms with Crippen molar-refractivity contribution in [2.45, 2.75) is 13.8 Å². The van der Waals surface area contributed by atoms with Gasteiger partial charge in [0.25, 0.3) is 5.91 Å². The van der Waals surface area contributed by atoms with E-state index in [9.17, 15) is 9.59 Å². The van der Waals surface area contributed by atoms with Crippen LogP contribution < -0.4 is 9.64 Å². The molecule has 7 nitrogen and oxygen atoms in total. The fraction of sp³-hybridized carbons (Fsp3) is 0.321. The van der Waals surface area contributed by atoms with Crippen molar-refractivity contribution in [3.8, 4) is 5.75 Å². The van der Waals surface area contributed by atoms with E-state index in [4.69, 9.17) is 14.5 Å². The highest BCUT2D eigenvalue weighted by Gasteiger charge is 2.17. The van der Waals surface area contributed by atoms with Crippen molar-refractivity contribution in [3.05, 3.63) is 71.8 Å². The maximum Gasteiger partial charge on any atom is 0.260 e. The number of carbonyl (C=O) groups excluding carboxylic acids is 2. The molecule has 1 amide bonds. The molecule has 0 radical (unpaired) electrons. The van der Waals surface area contributed by atoms with E-state index in [1.165, 1.54) is 0 Å². The predicted octanol–water partition coefficient (Wildman–Crippen LogP) is 4.21. The minimum Gasteiger partial charge on any atom is -0.484 e. The molecule has 0 atom stereocenters. The number of carbonyl (C=O) groups is 2. The average Bonchev–Trinajstić information content (AvgIpc) is 2.91. The molecule has 1 fully saturated rings. The molecule has 0 N–H and O–H groups in total. The van der Waals surface area contributed by atoms with Crippen LogP contribution in [0.4, 0.5) is 5.82 Å². The molecule has 3 aromatic rings. The van der Waals surface area contributed by atoms with Gasteiger partial charge in [-0.15, -0.1) is 0 Å². The van der Waals surface area contributed by atoms with Crippen LogP contribution >= 0.6 is 0 Å². The molecule has 7 heteroatoms. The van der Waals surface area contributed by atoms with Crippen LogP contribution in [-0.2, 0) is 9.53 Å². The van der Waals surface area contributed by atoms with Gasteiger partial charge in [0, 0.05) is 42.7 Å². The van der Waals surface area contributed by atoms with Gasteiger partial charge < -0.3 is 19.3 Å². The molecule has 0 aliphatic carbocycles. The van der Waals surface area contributed by atoms with Crippen molar-refractivity contribution in [1.29, 1.82) is 0 Å². The van der Waals surface area contributed by atoms with Gasteiger partial charge in [-0.05, 0) is 62.4 Å². The van der Waals surface area contributed by atoms with Gasteiger partial charge in [0.05, 0.1) is 18.7 Å². The highest BCUT2D eigenvalue weighted by atomic mass is 16.5. The summed E-state index contributed by atoms with van der Waals surface area (Å²) in [6.07, 6.45) is 3.41. The number of aromatic nitrogens is 1. The molecule has 1 aliphatic rings. The average molecular weight is 474 g/mol. The Kier molecular flexibility index (Phi) is 8.11. The SMILES string of the molecule is CCN(CC)C(=O)COc1ccc(C(=O)/C=C/c2cc3ccccc3nc2N2CCOCC2)cc1. The summed E-state index contributed by atoms with van der Waals surface area (Å²) in [5, 5.41) is 1.03. The molecule has 0 saturated carbocycles. The molecule has 1 saturated heterocycles. The molecular weight excluding hydrogens is 442 g/mol. The first kappa shape index (κ1) is 24.4. The summed E-state index contributed by atoms with van der Waals surface area (Å²) in [6, 6.07) is 16.9. The number of pyridine rings is 1. The number of ether oxygens (including phenoxy) is 2. The predicted molar refractivity (Wildman–Crippen MR) is 138 cm³/mol. The largest absolute Gasteiger partial charge is 0.484 e. The number of anilines is 1. The van der Waals surface area contributed by atoms with E-state index in [2.05, 4.69) is 11.0 Å². The summed E-state index contributed by atoms with van der Waals surface area (Å²) < 4.78 is 11.1. The molecule has 0 spiro atoms. The summed E-state index contributed by atoms with van der Waals surface area (Å²) in [5.41, 5.74) is 2.37. The minimum absolute atomic E-state index is 0.0197. The number of allylic oxidation sites excluding steroid dienone is 1. The quantitative estimate of drug-likeness (QED) is 0.342. The number of rotatable bonds is 9. The lowest BCUT2D eigenvalue weighted by Gasteiger charge is -2.29. The molecule has 4 rings (SSSR count). The third kappa shape index (κ3) is 6.05. The van der Waals surface area contributed by atoms with E-state index in [0.717, 1.165) is 35.4 Å². The minimum atomic E-state index is -0.114. The Balaban J connectivity index is 1.48. The number of likely N-dealkylation sites (N-methyl/N-ethyl adjacent to an activating group) is 1. The molecule has 2 heterocycles. The second-order valence-corrected chi connectivity index (χ2v) is 8.27. The number of fused-ring (bicyclic) bond motifs is 1. The fourth-order valence-corrected chi connectivity index (χ4v) is 4.06. The lowest BCUT2D eigenvalue weighted by molar-refractivity contribution is -0.132. The second-order valence-electron chi connectivity index (χ2n) is 8.27. The van der Waals surface area contributed by atoms with E-state index in [-0.39, 0.29) is 18.3 Å². The van der Waals surface area contributed by atoms with Gasteiger partial charge in [-0.1, -0.05) is 18.2 Å². The molecule has 35 heavy (non-hydrogen) atoms. The molecule has 0 unspecified atom stereocenters. The van der Waals surface area contributed by atoms with Gasteiger partial charge in [0.15, 0.2) is 12.4 Å². The smallest absolute Gasteiger partial charge is 0.260 e.